The summed E-state index contributed by atoms with van der Waals surface area (Å²) in [7, 11) is 0. The van der Waals surface area contributed by atoms with E-state index in [0.717, 1.165) is 34.0 Å². The fourth-order valence-electron chi connectivity index (χ4n) is 3.09. The highest BCUT2D eigenvalue weighted by Crippen LogP contribution is 2.20. The van der Waals surface area contributed by atoms with Crippen LogP contribution in [-0.4, -0.2) is 32.4 Å². The van der Waals surface area contributed by atoms with Crippen LogP contribution in [0.15, 0.2) is 46.7 Å². The monoisotopic (exact) mass is 418 g/mol. The molecule has 0 unspecified atom stereocenters. The van der Waals surface area contributed by atoms with E-state index in [-0.39, 0.29) is 11.7 Å². The molecule has 1 N–H and O–H groups in total. The fourth-order valence-corrected chi connectivity index (χ4v) is 3.84. The third-order valence-electron chi connectivity index (χ3n) is 4.41. The Morgan fingerprint density at radius 2 is 1.83 bits per heavy atom. The SMILES string of the molecule is Cc1cc(C)nc(SCC(=O)N/N=C\c2cc(C)n(-c3ccc(C#N)cc3)c2C)n1. The number of rotatable bonds is 6. The van der Waals surface area contributed by atoms with Gasteiger partial charge in [-0.05, 0) is 64.1 Å². The third kappa shape index (κ3) is 5.13. The van der Waals surface area contributed by atoms with Gasteiger partial charge in [0, 0.05) is 34.0 Å². The second-order valence-electron chi connectivity index (χ2n) is 6.84. The number of nitriles is 1. The van der Waals surface area contributed by atoms with E-state index in [1.54, 1.807) is 18.3 Å². The molecule has 2 heterocycles. The summed E-state index contributed by atoms with van der Waals surface area (Å²) in [5.74, 6) is -0.0373. The Kier molecular flexibility index (Phi) is 6.65. The maximum atomic E-state index is 12.1. The topological polar surface area (TPSA) is 96.0 Å². The van der Waals surface area contributed by atoms with Crippen LogP contribution in [0, 0.1) is 39.0 Å². The van der Waals surface area contributed by atoms with Crippen LogP contribution in [0.4, 0.5) is 0 Å². The summed E-state index contributed by atoms with van der Waals surface area (Å²) in [6, 6.07) is 13.4. The minimum absolute atomic E-state index is 0.185. The summed E-state index contributed by atoms with van der Waals surface area (Å²) < 4.78 is 2.08. The molecule has 0 atom stereocenters. The van der Waals surface area contributed by atoms with Crippen molar-refractivity contribution < 1.29 is 4.79 Å². The van der Waals surface area contributed by atoms with Crippen LogP contribution in [0.2, 0.25) is 0 Å². The third-order valence-corrected chi connectivity index (χ3v) is 5.26. The molecule has 0 saturated heterocycles. The van der Waals surface area contributed by atoms with Gasteiger partial charge in [-0.1, -0.05) is 11.8 Å². The van der Waals surface area contributed by atoms with Crippen LogP contribution < -0.4 is 5.43 Å². The van der Waals surface area contributed by atoms with Crippen molar-refractivity contribution in [2.45, 2.75) is 32.9 Å². The van der Waals surface area contributed by atoms with E-state index in [0.29, 0.717) is 10.7 Å². The smallest absolute Gasteiger partial charge is 0.250 e. The molecule has 30 heavy (non-hydrogen) atoms. The van der Waals surface area contributed by atoms with E-state index >= 15 is 0 Å². The Bertz CT molecular complexity index is 1120. The standard InChI is InChI=1S/C22H22N6OS/c1-14-9-15(2)26-22(25-14)30-13-21(29)27-24-12-19-10-16(3)28(17(19)4)20-7-5-18(11-23)6-8-20/h5-10,12H,13H2,1-4H3,(H,27,29)/b24-12-. The number of hydrogen-bond donors (Lipinski definition) is 1. The van der Waals surface area contributed by atoms with Gasteiger partial charge < -0.3 is 4.57 Å². The summed E-state index contributed by atoms with van der Waals surface area (Å²) >= 11 is 1.28. The van der Waals surface area contributed by atoms with Crippen molar-refractivity contribution in [3.8, 4) is 11.8 Å². The first kappa shape index (κ1) is 21.3. The summed E-state index contributed by atoms with van der Waals surface area (Å²) in [5.41, 5.74) is 8.83. The Labute approximate surface area is 179 Å². The lowest BCUT2D eigenvalue weighted by molar-refractivity contribution is -0.118. The van der Waals surface area contributed by atoms with Gasteiger partial charge in [-0.25, -0.2) is 15.4 Å². The first-order valence-corrected chi connectivity index (χ1v) is 10.3. The zero-order chi connectivity index (χ0) is 21.7. The van der Waals surface area contributed by atoms with Gasteiger partial charge in [-0.3, -0.25) is 4.79 Å². The molecule has 0 fully saturated rings. The Morgan fingerprint density at radius 3 is 2.47 bits per heavy atom. The maximum Gasteiger partial charge on any atom is 0.250 e. The summed E-state index contributed by atoms with van der Waals surface area (Å²) in [6.45, 7) is 7.79. The molecule has 3 aromatic rings. The minimum atomic E-state index is -0.222. The molecular formula is C22H22N6OS. The van der Waals surface area contributed by atoms with Crippen LogP contribution in [-0.2, 0) is 4.79 Å². The molecule has 0 spiro atoms. The second kappa shape index (κ2) is 9.37. The lowest BCUT2D eigenvalue weighted by Crippen LogP contribution is -2.19. The van der Waals surface area contributed by atoms with E-state index in [1.165, 1.54) is 11.8 Å². The number of aryl methyl sites for hydroxylation is 3. The molecule has 7 nitrogen and oxygen atoms in total. The second-order valence-corrected chi connectivity index (χ2v) is 7.78. The quantitative estimate of drug-likeness (QED) is 0.285. The van der Waals surface area contributed by atoms with E-state index in [4.69, 9.17) is 5.26 Å². The number of hydrogen-bond acceptors (Lipinski definition) is 6. The number of carbonyl (C=O) groups excluding carboxylic acids is 1. The van der Waals surface area contributed by atoms with Crippen LogP contribution in [0.25, 0.3) is 5.69 Å². The molecule has 0 bridgehead atoms. The van der Waals surface area contributed by atoms with Gasteiger partial charge in [-0.15, -0.1) is 0 Å². The van der Waals surface area contributed by atoms with Crippen molar-refractivity contribution in [2.75, 3.05) is 5.75 Å². The van der Waals surface area contributed by atoms with Gasteiger partial charge in [0.25, 0.3) is 5.91 Å². The van der Waals surface area contributed by atoms with E-state index < -0.39 is 0 Å². The molecule has 1 amide bonds. The van der Waals surface area contributed by atoms with Crippen LogP contribution in [0.5, 0.6) is 0 Å². The van der Waals surface area contributed by atoms with E-state index in [2.05, 4.69) is 31.1 Å². The van der Waals surface area contributed by atoms with Crippen molar-refractivity contribution in [1.82, 2.24) is 20.0 Å². The highest BCUT2D eigenvalue weighted by Gasteiger charge is 2.10. The summed E-state index contributed by atoms with van der Waals surface area (Å²) in [4.78, 5) is 20.7. The molecule has 0 saturated carbocycles. The first-order valence-electron chi connectivity index (χ1n) is 9.34. The van der Waals surface area contributed by atoms with Crippen molar-refractivity contribution in [3.05, 3.63) is 70.3 Å². The van der Waals surface area contributed by atoms with Gasteiger partial charge >= 0.3 is 0 Å². The highest BCUT2D eigenvalue weighted by atomic mass is 32.2. The zero-order valence-electron chi connectivity index (χ0n) is 17.3. The van der Waals surface area contributed by atoms with Crippen molar-refractivity contribution in [1.29, 1.82) is 5.26 Å². The van der Waals surface area contributed by atoms with Gasteiger partial charge in [0.15, 0.2) is 5.16 Å². The van der Waals surface area contributed by atoms with Crippen molar-refractivity contribution in [2.24, 2.45) is 5.10 Å². The molecule has 0 radical (unpaired) electrons. The number of hydrazone groups is 1. The fraction of sp³-hybridized carbons (Fsp3) is 0.227. The van der Waals surface area contributed by atoms with Crippen LogP contribution >= 0.6 is 11.8 Å². The highest BCUT2D eigenvalue weighted by molar-refractivity contribution is 7.99. The number of aromatic nitrogens is 3. The Morgan fingerprint density at radius 1 is 1.17 bits per heavy atom. The van der Waals surface area contributed by atoms with Gasteiger partial charge in [0.05, 0.1) is 23.6 Å². The average Bonchev–Trinajstić information content (AvgIpc) is 2.99. The van der Waals surface area contributed by atoms with Crippen LogP contribution in [0.1, 0.15) is 33.9 Å². The summed E-state index contributed by atoms with van der Waals surface area (Å²) in [6.07, 6.45) is 1.64. The maximum absolute atomic E-state index is 12.1. The van der Waals surface area contributed by atoms with Gasteiger partial charge in [0.1, 0.15) is 0 Å². The normalized spacial score (nSPS) is 10.9. The number of benzene rings is 1. The largest absolute Gasteiger partial charge is 0.318 e. The molecule has 0 aliphatic rings. The minimum Gasteiger partial charge on any atom is -0.318 e. The number of amides is 1. The molecule has 8 heteroatoms. The van der Waals surface area contributed by atoms with Crippen molar-refractivity contribution in [3.63, 3.8) is 0 Å². The average molecular weight is 419 g/mol. The van der Waals surface area contributed by atoms with E-state index in [9.17, 15) is 4.79 Å². The van der Waals surface area contributed by atoms with Crippen LogP contribution in [0.3, 0.4) is 0 Å². The zero-order valence-corrected chi connectivity index (χ0v) is 18.1. The molecule has 3 rings (SSSR count). The van der Waals surface area contributed by atoms with E-state index in [1.807, 2.05) is 52.0 Å². The molecule has 0 aliphatic heterocycles. The number of nitrogens with one attached hydrogen (secondary N) is 1. The Hall–Kier alpha value is -3.44. The number of thioether (sulfide) groups is 1. The van der Waals surface area contributed by atoms with Gasteiger partial charge in [-0.2, -0.15) is 10.4 Å². The number of carbonyl (C=O) groups is 1. The predicted octanol–water partition coefficient (Wildman–Crippen LogP) is 3.62. The molecular weight excluding hydrogens is 396 g/mol. The lowest BCUT2D eigenvalue weighted by Gasteiger charge is -2.09. The summed E-state index contributed by atoms with van der Waals surface area (Å²) in [5, 5.41) is 13.6. The molecule has 2 aromatic heterocycles. The lowest BCUT2D eigenvalue weighted by atomic mass is 10.2. The Balaban J connectivity index is 1.63. The first-order chi connectivity index (χ1) is 14.4. The number of nitrogens with zero attached hydrogens (tertiary/aromatic N) is 5. The van der Waals surface area contributed by atoms with Gasteiger partial charge in [0.2, 0.25) is 0 Å². The molecule has 0 aliphatic carbocycles. The predicted molar refractivity (Wildman–Crippen MR) is 118 cm³/mol. The molecule has 1 aromatic carbocycles. The molecule has 152 valence electrons. The van der Waals surface area contributed by atoms with Crippen molar-refractivity contribution >= 4 is 23.9 Å².